The van der Waals surface area contributed by atoms with E-state index < -0.39 is 40.0 Å². The smallest absolute Gasteiger partial charge is 0.368 e. The van der Waals surface area contributed by atoms with Crippen LogP contribution < -0.4 is 20.8 Å². The Kier molecular flexibility index (Phi) is 8.19. The number of carbonyl (C=O) groups is 1. The number of hydrogen-bond acceptors (Lipinski definition) is 6. The quantitative estimate of drug-likeness (QED) is 0.440. The molecule has 4 N–H and O–H groups in total. The summed E-state index contributed by atoms with van der Waals surface area (Å²) in [5.74, 6) is -0.612. The van der Waals surface area contributed by atoms with Gasteiger partial charge in [-0.1, -0.05) is 25.0 Å². The molecule has 2 saturated heterocycles. The van der Waals surface area contributed by atoms with Crippen molar-refractivity contribution in [2.75, 3.05) is 11.9 Å². The van der Waals surface area contributed by atoms with Crippen LogP contribution in [0.5, 0.6) is 0 Å². The van der Waals surface area contributed by atoms with Crippen molar-refractivity contribution >= 4 is 22.6 Å². The number of hydrazine groups is 1. The Morgan fingerprint density at radius 3 is 2.41 bits per heavy atom. The maximum atomic E-state index is 13.8. The summed E-state index contributed by atoms with van der Waals surface area (Å²) in [6.45, 7) is 5.38. The monoisotopic (exact) mass is 540 g/mol. The molecule has 0 aromatic heterocycles. The number of nitrogens with one attached hydrogen (secondary N) is 4. The predicted molar refractivity (Wildman–Crippen MR) is 135 cm³/mol. The maximum Gasteiger partial charge on any atom is 0.408 e. The molecule has 8 nitrogen and oxygen atoms in total. The van der Waals surface area contributed by atoms with Gasteiger partial charge in [0.1, 0.15) is 12.2 Å². The van der Waals surface area contributed by atoms with Crippen molar-refractivity contribution in [2.45, 2.75) is 88.1 Å². The third-order valence-corrected chi connectivity index (χ3v) is 8.95. The van der Waals surface area contributed by atoms with E-state index in [-0.39, 0.29) is 29.5 Å². The Hall–Kier alpha value is -2.20. The Morgan fingerprint density at radius 2 is 1.78 bits per heavy atom. The summed E-state index contributed by atoms with van der Waals surface area (Å²) in [7, 11) is -1.91. The molecule has 12 heteroatoms. The number of piperidine rings is 1. The Morgan fingerprint density at radius 1 is 1.11 bits per heavy atom. The van der Waals surface area contributed by atoms with Gasteiger partial charge >= 0.3 is 6.18 Å². The van der Waals surface area contributed by atoms with Crippen molar-refractivity contribution in [3.05, 3.63) is 29.8 Å². The number of hydrogen-bond donors (Lipinski definition) is 4. The molecule has 7 atom stereocenters. The van der Waals surface area contributed by atoms with E-state index in [4.69, 9.17) is 0 Å². The highest BCUT2D eigenvalue weighted by Crippen LogP contribution is 2.37. The zero-order valence-corrected chi connectivity index (χ0v) is 22.1. The summed E-state index contributed by atoms with van der Waals surface area (Å²) in [6.07, 6.45) is -0.605. The standard InChI is InChI=1S/C25H35F3N6O2S/c1-24(2,3)37(36)33-21(25(26,27)28)15-8-10-17(11-9-15)31-22-20-19(12-13-30-23(20)35)34(32-22)18-7-5-4-6-16(18)14-29/h8-11,16,18-22,31-33H,4-7,12-13H2,1-3H3,(H,30,35)/t16-,18+,19?,20?,21-,22?,37+/m1/s1. The summed E-state index contributed by atoms with van der Waals surface area (Å²) in [5.41, 5.74) is 3.93. The van der Waals surface area contributed by atoms with Crippen molar-refractivity contribution in [3.63, 3.8) is 0 Å². The maximum absolute atomic E-state index is 13.8. The highest BCUT2D eigenvalue weighted by Gasteiger charge is 2.51. The minimum Gasteiger partial charge on any atom is -0.368 e. The van der Waals surface area contributed by atoms with E-state index in [1.54, 1.807) is 20.8 Å². The first kappa shape index (κ1) is 27.8. The minimum absolute atomic E-state index is 0.00799. The fourth-order valence-corrected chi connectivity index (χ4v) is 6.29. The van der Waals surface area contributed by atoms with Gasteiger partial charge in [0.2, 0.25) is 5.91 Å². The fourth-order valence-electron chi connectivity index (χ4n) is 5.46. The van der Waals surface area contributed by atoms with Gasteiger partial charge in [-0.2, -0.15) is 18.4 Å². The number of rotatable bonds is 6. The highest BCUT2D eigenvalue weighted by atomic mass is 32.2. The molecule has 1 saturated carbocycles. The van der Waals surface area contributed by atoms with Crippen LogP contribution >= 0.6 is 0 Å². The summed E-state index contributed by atoms with van der Waals surface area (Å²) in [6, 6.07) is 6.06. The number of nitriles is 1. The average Bonchev–Trinajstić information content (AvgIpc) is 3.21. The summed E-state index contributed by atoms with van der Waals surface area (Å²) >= 11 is 0. The van der Waals surface area contributed by atoms with Crippen molar-refractivity contribution in [2.24, 2.45) is 11.8 Å². The zero-order chi connectivity index (χ0) is 27.0. The van der Waals surface area contributed by atoms with Gasteiger partial charge in [-0.25, -0.2) is 19.4 Å². The van der Waals surface area contributed by atoms with Crippen LogP contribution in [-0.2, 0) is 15.8 Å². The molecule has 3 unspecified atom stereocenters. The van der Waals surface area contributed by atoms with Gasteiger partial charge in [-0.05, 0) is 57.7 Å². The molecule has 2 aliphatic heterocycles. The van der Waals surface area contributed by atoms with Crippen LogP contribution in [-0.4, -0.2) is 50.8 Å². The van der Waals surface area contributed by atoms with Gasteiger partial charge in [0.25, 0.3) is 0 Å². The predicted octanol–water partition coefficient (Wildman–Crippen LogP) is 3.49. The molecular weight excluding hydrogens is 505 g/mol. The van der Waals surface area contributed by atoms with E-state index in [9.17, 15) is 27.4 Å². The van der Waals surface area contributed by atoms with Crippen LogP contribution in [0.4, 0.5) is 18.9 Å². The van der Waals surface area contributed by atoms with E-state index in [0.717, 1.165) is 32.1 Å². The van der Waals surface area contributed by atoms with E-state index >= 15 is 0 Å². The largest absolute Gasteiger partial charge is 0.408 e. The molecule has 2 heterocycles. The lowest BCUT2D eigenvalue weighted by Crippen LogP contribution is -2.54. The molecule has 3 fully saturated rings. The number of nitrogens with zero attached hydrogens (tertiary/aromatic N) is 2. The third kappa shape index (κ3) is 6.11. The number of fused-ring (bicyclic) bond motifs is 1. The van der Waals surface area contributed by atoms with Crippen LogP contribution in [0.3, 0.4) is 0 Å². The zero-order valence-electron chi connectivity index (χ0n) is 21.3. The first-order chi connectivity index (χ1) is 17.4. The van der Waals surface area contributed by atoms with E-state index in [0.29, 0.717) is 12.2 Å². The first-order valence-electron chi connectivity index (χ1n) is 12.7. The van der Waals surface area contributed by atoms with Crippen molar-refractivity contribution in [1.29, 1.82) is 5.26 Å². The summed E-state index contributed by atoms with van der Waals surface area (Å²) in [5, 5.41) is 18.0. The van der Waals surface area contributed by atoms with Gasteiger partial charge < -0.3 is 10.6 Å². The van der Waals surface area contributed by atoms with Gasteiger partial charge in [0, 0.05) is 24.3 Å². The molecule has 1 aromatic carbocycles. The number of carbonyl (C=O) groups excluding carboxylic acids is 1. The molecule has 37 heavy (non-hydrogen) atoms. The molecule has 0 spiro atoms. The lowest BCUT2D eigenvalue weighted by Gasteiger charge is -2.39. The lowest BCUT2D eigenvalue weighted by atomic mass is 9.83. The molecule has 1 aliphatic carbocycles. The first-order valence-corrected chi connectivity index (χ1v) is 13.9. The van der Waals surface area contributed by atoms with Gasteiger partial charge in [0.15, 0.2) is 0 Å². The average molecular weight is 541 g/mol. The molecule has 204 valence electrons. The fraction of sp³-hybridized carbons (Fsp3) is 0.680. The molecule has 1 aromatic rings. The second-order valence-corrected chi connectivity index (χ2v) is 13.0. The summed E-state index contributed by atoms with van der Waals surface area (Å²) in [4.78, 5) is 12.8. The van der Waals surface area contributed by atoms with Crippen LogP contribution in [0, 0.1) is 23.2 Å². The molecule has 0 radical (unpaired) electrons. The minimum atomic E-state index is -4.63. The van der Waals surface area contributed by atoms with Crippen LogP contribution in [0.2, 0.25) is 0 Å². The lowest BCUT2D eigenvalue weighted by molar-refractivity contribution is -0.152. The van der Waals surface area contributed by atoms with Crippen LogP contribution in [0.25, 0.3) is 0 Å². The van der Waals surface area contributed by atoms with Crippen molar-refractivity contribution < 1.29 is 22.2 Å². The van der Waals surface area contributed by atoms with Crippen molar-refractivity contribution in [3.8, 4) is 6.07 Å². The number of benzene rings is 1. The van der Waals surface area contributed by atoms with Gasteiger partial charge in [-0.15, -0.1) is 0 Å². The van der Waals surface area contributed by atoms with E-state index in [1.807, 2.05) is 0 Å². The summed E-state index contributed by atoms with van der Waals surface area (Å²) < 4.78 is 55.1. The Labute approximate surface area is 218 Å². The number of amides is 1. The molecular formula is C25H35F3N6O2S. The van der Waals surface area contributed by atoms with Gasteiger partial charge in [-0.3, -0.25) is 4.79 Å². The second kappa shape index (κ2) is 10.9. The molecule has 1 amide bonds. The number of halogens is 3. The molecule has 3 aliphatic rings. The molecule has 4 rings (SSSR count). The van der Waals surface area contributed by atoms with E-state index in [1.165, 1.54) is 24.3 Å². The highest BCUT2D eigenvalue weighted by molar-refractivity contribution is 7.84. The SMILES string of the molecule is CC(C)(C)[S@](=O)N[C@H](c1ccc(NC2NN([C@H]3CCCC[C@@H]3C#N)C3CCNC(=O)C23)cc1)C(F)(F)F. The Bertz CT molecular complexity index is 1040. The van der Waals surface area contributed by atoms with Crippen LogP contribution in [0.1, 0.15) is 64.5 Å². The normalized spacial score (nSPS) is 30.6. The van der Waals surface area contributed by atoms with Crippen LogP contribution in [0.15, 0.2) is 24.3 Å². The second-order valence-electron chi connectivity index (χ2n) is 11.0. The van der Waals surface area contributed by atoms with Gasteiger partial charge in [0.05, 0.1) is 33.6 Å². The molecule has 0 bridgehead atoms. The third-order valence-electron chi connectivity index (χ3n) is 7.39. The topological polar surface area (TPSA) is 109 Å². The van der Waals surface area contributed by atoms with E-state index in [2.05, 4.69) is 31.9 Å². The number of anilines is 1. The van der Waals surface area contributed by atoms with Crippen molar-refractivity contribution in [1.82, 2.24) is 20.5 Å². The Balaban J connectivity index is 1.52. The number of alkyl halides is 3.